The first-order chi connectivity index (χ1) is 9.54. The topological polar surface area (TPSA) is 61.4 Å². The van der Waals surface area contributed by atoms with Gasteiger partial charge in [-0.3, -0.25) is 0 Å². The molecule has 0 unspecified atom stereocenters. The monoisotopic (exact) mass is 344 g/mol. The Hall–Kier alpha value is -1.14. The second-order valence-electron chi connectivity index (χ2n) is 5.14. The molecule has 2 amide bonds. The number of hydrogen-bond donors (Lipinski definition) is 3. The summed E-state index contributed by atoms with van der Waals surface area (Å²) < 4.78 is 13.7. The SMILES string of the molecule is O=C(NCc1ccc(Br)c(F)c1)NC[C@@H]1CC[C@@H](O)C1. The zero-order valence-electron chi connectivity index (χ0n) is 11.0. The summed E-state index contributed by atoms with van der Waals surface area (Å²) in [6, 6.07) is 4.48. The van der Waals surface area contributed by atoms with E-state index in [9.17, 15) is 14.3 Å². The predicted molar refractivity (Wildman–Crippen MR) is 77.7 cm³/mol. The molecule has 6 heteroatoms. The van der Waals surface area contributed by atoms with Crippen LogP contribution in [0.2, 0.25) is 0 Å². The summed E-state index contributed by atoms with van der Waals surface area (Å²) in [6.07, 6.45) is 2.28. The number of aliphatic hydroxyl groups excluding tert-OH is 1. The molecule has 110 valence electrons. The van der Waals surface area contributed by atoms with Crippen molar-refractivity contribution in [3.05, 3.63) is 34.1 Å². The van der Waals surface area contributed by atoms with Crippen molar-refractivity contribution in [2.45, 2.75) is 31.9 Å². The maximum Gasteiger partial charge on any atom is 0.315 e. The fourth-order valence-corrected chi connectivity index (χ4v) is 2.61. The van der Waals surface area contributed by atoms with Crippen LogP contribution < -0.4 is 10.6 Å². The van der Waals surface area contributed by atoms with Gasteiger partial charge in [0.1, 0.15) is 5.82 Å². The van der Waals surface area contributed by atoms with E-state index in [0.29, 0.717) is 22.5 Å². The Bertz CT molecular complexity index is 484. The third kappa shape index (κ3) is 4.45. The summed E-state index contributed by atoms with van der Waals surface area (Å²) in [5, 5.41) is 14.9. The van der Waals surface area contributed by atoms with Gasteiger partial charge in [-0.15, -0.1) is 0 Å². The molecule has 1 aromatic rings. The molecule has 4 nitrogen and oxygen atoms in total. The normalized spacial score (nSPS) is 21.8. The van der Waals surface area contributed by atoms with Crippen molar-refractivity contribution in [1.82, 2.24) is 10.6 Å². The molecule has 1 saturated carbocycles. The number of halogens is 2. The van der Waals surface area contributed by atoms with E-state index < -0.39 is 0 Å². The molecule has 0 heterocycles. The fraction of sp³-hybridized carbons (Fsp3) is 0.500. The van der Waals surface area contributed by atoms with Crippen molar-refractivity contribution in [3.63, 3.8) is 0 Å². The number of nitrogens with one attached hydrogen (secondary N) is 2. The van der Waals surface area contributed by atoms with Gasteiger partial charge in [0.15, 0.2) is 0 Å². The van der Waals surface area contributed by atoms with Gasteiger partial charge in [-0.25, -0.2) is 9.18 Å². The number of rotatable bonds is 4. The van der Waals surface area contributed by atoms with Crippen molar-refractivity contribution < 1.29 is 14.3 Å². The van der Waals surface area contributed by atoms with E-state index >= 15 is 0 Å². The third-order valence-corrected chi connectivity index (χ3v) is 4.15. The first-order valence-corrected chi connectivity index (χ1v) is 7.47. The van der Waals surface area contributed by atoms with Crippen molar-refractivity contribution in [1.29, 1.82) is 0 Å². The van der Waals surface area contributed by atoms with Crippen LogP contribution in [0.5, 0.6) is 0 Å². The maximum absolute atomic E-state index is 13.3. The van der Waals surface area contributed by atoms with Crippen LogP contribution in [0.4, 0.5) is 9.18 Å². The smallest absolute Gasteiger partial charge is 0.315 e. The van der Waals surface area contributed by atoms with Gasteiger partial charge in [-0.05, 0) is 58.8 Å². The minimum Gasteiger partial charge on any atom is -0.393 e. The summed E-state index contributed by atoms with van der Waals surface area (Å²) in [4.78, 5) is 11.6. The van der Waals surface area contributed by atoms with E-state index in [2.05, 4.69) is 26.6 Å². The molecule has 0 saturated heterocycles. The van der Waals surface area contributed by atoms with Gasteiger partial charge in [-0.1, -0.05) is 6.07 Å². The molecular formula is C14H18BrFN2O2. The van der Waals surface area contributed by atoms with Gasteiger partial charge in [0, 0.05) is 13.1 Å². The van der Waals surface area contributed by atoms with E-state index in [-0.39, 0.29) is 24.5 Å². The van der Waals surface area contributed by atoms with Crippen LogP contribution >= 0.6 is 15.9 Å². The molecule has 0 bridgehead atoms. The molecule has 1 aliphatic rings. The lowest BCUT2D eigenvalue weighted by atomic mass is 10.1. The van der Waals surface area contributed by atoms with Crippen LogP contribution in [-0.4, -0.2) is 23.8 Å². The second-order valence-corrected chi connectivity index (χ2v) is 6.00. The van der Waals surface area contributed by atoms with Crippen molar-refractivity contribution in [2.75, 3.05) is 6.54 Å². The molecule has 2 rings (SSSR count). The van der Waals surface area contributed by atoms with E-state index in [1.807, 2.05) is 0 Å². The van der Waals surface area contributed by atoms with Crippen LogP contribution in [0, 0.1) is 11.7 Å². The van der Waals surface area contributed by atoms with Gasteiger partial charge < -0.3 is 15.7 Å². The molecule has 1 aliphatic carbocycles. The summed E-state index contributed by atoms with van der Waals surface area (Å²) in [5.41, 5.74) is 0.706. The van der Waals surface area contributed by atoms with Gasteiger partial charge in [-0.2, -0.15) is 0 Å². The Labute approximate surface area is 125 Å². The molecule has 0 radical (unpaired) electrons. The Morgan fingerprint density at radius 2 is 2.20 bits per heavy atom. The molecule has 0 aliphatic heterocycles. The quantitative estimate of drug-likeness (QED) is 0.785. The lowest BCUT2D eigenvalue weighted by Gasteiger charge is -2.12. The first-order valence-electron chi connectivity index (χ1n) is 6.68. The minimum absolute atomic E-state index is 0.226. The summed E-state index contributed by atoms with van der Waals surface area (Å²) in [5.74, 6) is 0.00512. The second kappa shape index (κ2) is 7.04. The van der Waals surface area contributed by atoms with E-state index in [4.69, 9.17) is 0 Å². The van der Waals surface area contributed by atoms with Crippen LogP contribution in [0.3, 0.4) is 0 Å². The minimum atomic E-state index is -0.343. The number of benzene rings is 1. The summed E-state index contributed by atoms with van der Waals surface area (Å²) >= 11 is 3.08. The van der Waals surface area contributed by atoms with E-state index in [1.54, 1.807) is 12.1 Å². The zero-order chi connectivity index (χ0) is 14.5. The van der Waals surface area contributed by atoms with Crippen LogP contribution in [0.15, 0.2) is 22.7 Å². The van der Waals surface area contributed by atoms with Gasteiger partial charge in [0.2, 0.25) is 0 Å². The van der Waals surface area contributed by atoms with Gasteiger partial charge >= 0.3 is 6.03 Å². The number of urea groups is 1. The van der Waals surface area contributed by atoms with Crippen molar-refractivity contribution >= 4 is 22.0 Å². The fourth-order valence-electron chi connectivity index (χ4n) is 2.37. The van der Waals surface area contributed by atoms with Gasteiger partial charge in [0.05, 0.1) is 10.6 Å². The molecule has 20 heavy (non-hydrogen) atoms. The average Bonchev–Trinajstić information content (AvgIpc) is 2.83. The highest BCUT2D eigenvalue weighted by Crippen LogP contribution is 2.24. The number of aliphatic hydroxyl groups is 1. The highest BCUT2D eigenvalue weighted by Gasteiger charge is 2.22. The molecule has 0 aromatic heterocycles. The number of hydrogen-bond acceptors (Lipinski definition) is 2. The maximum atomic E-state index is 13.3. The average molecular weight is 345 g/mol. The van der Waals surface area contributed by atoms with E-state index in [0.717, 1.165) is 19.3 Å². The molecule has 1 fully saturated rings. The molecular weight excluding hydrogens is 327 g/mol. The van der Waals surface area contributed by atoms with Crippen LogP contribution in [0.25, 0.3) is 0 Å². The summed E-state index contributed by atoms with van der Waals surface area (Å²) in [6.45, 7) is 0.848. The highest BCUT2D eigenvalue weighted by atomic mass is 79.9. The Balaban J connectivity index is 1.70. The highest BCUT2D eigenvalue weighted by molar-refractivity contribution is 9.10. The van der Waals surface area contributed by atoms with Crippen molar-refractivity contribution in [2.24, 2.45) is 5.92 Å². The number of carbonyl (C=O) groups excluding carboxylic acids is 1. The molecule has 3 N–H and O–H groups in total. The first kappa shape index (κ1) is 15.3. The summed E-state index contributed by atoms with van der Waals surface area (Å²) in [7, 11) is 0. The standard InChI is InChI=1S/C14H18BrFN2O2/c15-12-4-2-10(6-13(12)16)8-18-14(20)17-7-9-1-3-11(19)5-9/h2,4,6,9,11,19H,1,3,5,7-8H2,(H2,17,18,20)/t9-,11-/m1/s1. The Morgan fingerprint density at radius 1 is 1.40 bits per heavy atom. The van der Waals surface area contributed by atoms with Crippen LogP contribution in [0.1, 0.15) is 24.8 Å². The third-order valence-electron chi connectivity index (χ3n) is 3.50. The lowest BCUT2D eigenvalue weighted by Crippen LogP contribution is -2.37. The molecule has 1 aromatic carbocycles. The Morgan fingerprint density at radius 3 is 2.85 bits per heavy atom. The molecule has 2 atom stereocenters. The largest absolute Gasteiger partial charge is 0.393 e. The predicted octanol–water partition coefficient (Wildman–Crippen LogP) is 2.55. The Kier molecular flexibility index (Phi) is 5.37. The van der Waals surface area contributed by atoms with Crippen molar-refractivity contribution in [3.8, 4) is 0 Å². The van der Waals surface area contributed by atoms with Crippen LogP contribution in [-0.2, 0) is 6.54 Å². The van der Waals surface area contributed by atoms with E-state index in [1.165, 1.54) is 6.07 Å². The lowest BCUT2D eigenvalue weighted by molar-refractivity contribution is 0.177. The number of carbonyl (C=O) groups is 1. The number of amides is 2. The molecule has 0 spiro atoms. The van der Waals surface area contributed by atoms with Gasteiger partial charge in [0.25, 0.3) is 0 Å². The zero-order valence-corrected chi connectivity index (χ0v) is 12.6.